The van der Waals surface area contributed by atoms with Crippen LogP contribution >= 0.6 is 0 Å². The first-order valence-electron chi connectivity index (χ1n) is 9.43. The molecule has 0 bridgehead atoms. The van der Waals surface area contributed by atoms with E-state index in [0.717, 1.165) is 30.0 Å². The van der Waals surface area contributed by atoms with E-state index in [-0.39, 0.29) is 18.0 Å². The summed E-state index contributed by atoms with van der Waals surface area (Å²) in [4.78, 5) is 27.3. The van der Waals surface area contributed by atoms with Crippen LogP contribution in [0.25, 0.3) is 11.3 Å². The normalized spacial score (nSPS) is 12.8. The predicted octanol–water partition coefficient (Wildman–Crippen LogP) is 3.81. The molecule has 0 aliphatic carbocycles. The second-order valence-electron chi connectivity index (χ2n) is 6.83. The molecule has 4 rings (SSSR count). The number of aromatic nitrogens is 2. The van der Waals surface area contributed by atoms with E-state index in [1.165, 1.54) is 25.0 Å². The van der Waals surface area contributed by atoms with E-state index >= 15 is 0 Å². The smallest absolute Gasteiger partial charge is 0.310 e. The maximum Gasteiger partial charge on any atom is 0.310 e. The van der Waals surface area contributed by atoms with Crippen LogP contribution in [0.4, 0.5) is 11.4 Å². The van der Waals surface area contributed by atoms with E-state index in [4.69, 9.17) is 9.72 Å². The Morgan fingerprint density at radius 1 is 1.17 bits per heavy atom. The third-order valence-corrected chi connectivity index (χ3v) is 4.79. The number of aryl methyl sites for hydroxylation is 2. The summed E-state index contributed by atoms with van der Waals surface area (Å²) in [5, 5.41) is 13.7. The van der Waals surface area contributed by atoms with Crippen LogP contribution in [0.5, 0.6) is 5.75 Å². The molecule has 0 saturated carbocycles. The number of nitrogens with one attached hydrogen (secondary N) is 1. The Hall–Kier alpha value is -3.68. The maximum absolute atomic E-state index is 12.1. The van der Waals surface area contributed by atoms with Gasteiger partial charge >= 0.3 is 5.69 Å². The van der Waals surface area contributed by atoms with Gasteiger partial charge in [-0.3, -0.25) is 14.9 Å². The van der Waals surface area contributed by atoms with Crippen molar-refractivity contribution in [1.82, 2.24) is 9.55 Å². The molecule has 29 heavy (non-hydrogen) atoms. The molecule has 1 aliphatic rings. The van der Waals surface area contributed by atoms with E-state index < -0.39 is 10.8 Å². The fourth-order valence-electron chi connectivity index (χ4n) is 3.35. The van der Waals surface area contributed by atoms with Crippen LogP contribution in [0.1, 0.15) is 18.7 Å². The van der Waals surface area contributed by atoms with Crippen molar-refractivity contribution in [3.8, 4) is 17.0 Å². The van der Waals surface area contributed by atoms with Crippen molar-refractivity contribution < 1.29 is 14.5 Å². The molecule has 1 aliphatic heterocycles. The first-order valence-corrected chi connectivity index (χ1v) is 9.43. The van der Waals surface area contributed by atoms with Crippen LogP contribution in [0, 0.1) is 10.1 Å². The largest absolute Gasteiger partial charge is 0.477 e. The van der Waals surface area contributed by atoms with Crippen LogP contribution < -0.4 is 10.1 Å². The number of benzene rings is 2. The summed E-state index contributed by atoms with van der Waals surface area (Å²) in [5.41, 5.74) is 2.36. The molecule has 148 valence electrons. The fourth-order valence-corrected chi connectivity index (χ4v) is 3.35. The molecule has 0 fully saturated rings. The van der Waals surface area contributed by atoms with Gasteiger partial charge in [0, 0.05) is 36.5 Å². The lowest BCUT2D eigenvalue weighted by Crippen LogP contribution is -2.20. The summed E-state index contributed by atoms with van der Waals surface area (Å²) < 4.78 is 7.51. The molecule has 3 aromatic rings. The zero-order chi connectivity index (χ0) is 20.2. The number of amides is 1. The lowest BCUT2D eigenvalue weighted by molar-refractivity contribution is -0.385. The molecule has 1 aromatic heterocycles. The number of carbonyl (C=O) groups is 1. The van der Waals surface area contributed by atoms with Gasteiger partial charge in [-0.1, -0.05) is 24.3 Å². The van der Waals surface area contributed by atoms with Gasteiger partial charge in [0.25, 0.3) is 5.91 Å². The monoisotopic (exact) mass is 392 g/mol. The second kappa shape index (κ2) is 8.14. The van der Waals surface area contributed by atoms with Gasteiger partial charge in [0.15, 0.2) is 12.4 Å². The van der Waals surface area contributed by atoms with Crippen molar-refractivity contribution in [3.05, 3.63) is 70.7 Å². The molecular formula is C21H20N4O4. The molecule has 2 aromatic carbocycles. The molecule has 0 unspecified atom stereocenters. The molecule has 0 atom stereocenters. The minimum Gasteiger partial charge on any atom is -0.477 e. The number of nitro benzene ring substituents is 1. The molecule has 0 saturated heterocycles. The van der Waals surface area contributed by atoms with Gasteiger partial charge in [-0.15, -0.1) is 0 Å². The highest BCUT2D eigenvalue weighted by Crippen LogP contribution is 2.26. The SMILES string of the molecule is O=C(COc1ccccc1[N+](=O)[O-])Nc1ccc(-c2cn3c(n2)CCCC3)cc1. The van der Waals surface area contributed by atoms with Crippen molar-refractivity contribution in [3.63, 3.8) is 0 Å². The van der Waals surface area contributed by atoms with Crippen molar-refractivity contribution in [2.75, 3.05) is 11.9 Å². The maximum atomic E-state index is 12.1. The molecule has 1 amide bonds. The highest BCUT2D eigenvalue weighted by molar-refractivity contribution is 5.92. The van der Waals surface area contributed by atoms with E-state index in [1.807, 2.05) is 12.1 Å². The molecule has 0 spiro atoms. The molecule has 2 heterocycles. The number of hydrogen-bond acceptors (Lipinski definition) is 5. The Morgan fingerprint density at radius 2 is 1.97 bits per heavy atom. The average Bonchev–Trinajstić information content (AvgIpc) is 3.17. The summed E-state index contributed by atoms with van der Waals surface area (Å²) in [6, 6.07) is 13.4. The predicted molar refractivity (Wildman–Crippen MR) is 108 cm³/mol. The van der Waals surface area contributed by atoms with Gasteiger partial charge in [-0.2, -0.15) is 0 Å². The molecule has 8 nitrogen and oxygen atoms in total. The highest BCUT2D eigenvalue weighted by atomic mass is 16.6. The first kappa shape index (κ1) is 18.7. The van der Waals surface area contributed by atoms with E-state index in [9.17, 15) is 14.9 Å². The topological polar surface area (TPSA) is 99.3 Å². The minimum absolute atomic E-state index is 0.0618. The molecular weight excluding hydrogens is 372 g/mol. The number of nitrogens with zero attached hydrogens (tertiary/aromatic N) is 3. The number of ether oxygens (including phenoxy) is 1. The lowest BCUT2D eigenvalue weighted by Gasteiger charge is -2.11. The number of carbonyl (C=O) groups excluding carboxylic acids is 1. The Bertz CT molecular complexity index is 1020. The van der Waals surface area contributed by atoms with Crippen LogP contribution in [-0.2, 0) is 17.8 Å². The summed E-state index contributed by atoms with van der Waals surface area (Å²) >= 11 is 0. The van der Waals surface area contributed by atoms with E-state index in [1.54, 1.807) is 24.3 Å². The van der Waals surface area contributed by atoms with Gasteiger partial charge in [-0.25, -0.2) is 4.98 Å². The number of fused-ring (bicyclic) bond motifs is 1. The van der Waals surface area contributed by atoms with E-state index in [0.29, 0.717) is 5.69 Å². The zero-order valence-corrected chi connectivity index (χ0v) is 15.7. The molecule has 8 heteroatoms. The molecule has 0 radical (unpaired) electrons. The molecule has 1 N–H and O–H groups in total. The second-order valence-corrected chi connectivity index (χ2v) is 6.83. The summed E-state index contributed by atoms with van der Waals surface area (Å²) in [5.74, 6) is 0.788. The van der Waals surface area contributed by atoms with Crippen LogP contribution in [-0.4, -0.2) is 27.0 Å². The van der Waals surface area contributed by atoms with Gasteiger partial charge in [0.1, 0.15) is 5.82 Å². The zero-order valence-electron chi connectivity index (χ0n) is 15.7. The number of para-hydroxylation sites is 2. The summed E-state index contributed by atoms with van der Waals surface area (Å²) in [6.07, 6.45) is 5.44. The summed E-state index contributed by atoms with van der Waals surface area (Å²) in [6.45, 7) is 0.691. The number of anilines is 1. The van der Waals surface area contributed by atoms with Gasteiger partial charge in [0.05, 0.1) is 10.6 Å². The van der Waals surface area contributed by atoms with Gasteiger partial charge in [-0.05, 0) is 31.0 Å². The lowest BCUT2D eigenvalue weighted by atomic mass is 10.1. The first-order chi connectivity index (χ1) is 14.1. The van der Waals surface area contributed by atoms with Gasteiger partial charge < -0.3 is 14.6 Å². The van der Waals surface area contributed by atoms with Crippen LogP contribution in [0.2, 0.25) is 0 Å². The Morgan fingerprint density at radius 3 is 2.72 bits per heavy atom. The third-order valence-electron chi connectivity index (χ3n) is 4.79. The standard InChI is InChI=1S/C21H20N4O4/c26-21(14-29-19-6-2-1-5-18(19)25(27)28)22-16-10-8-15(9-11-16)17-13-24-12-4-3-7-20(24)23-17/h1-2,5-6,8-11,13H,3-4,7,12,14H2,(H,22,26). The number of rotatable bonds is 6. The minimum atomic E-state index is -0.542. The van der Waals surface area contributed by atoms with Crippen molar-refractivity contribution in [1.29, 1.82) is 0 Å². The Balaban J connectivity index is 1.37. The number of nitro groups is 1. The van der Waals surface area contributed by atoms with Crippen molar-refractivity contribution >= 4 is 17.3 Å². The van der Waals surface area contributed by atoms with Crippen LogP contribution in [0.15, 0.2) is 54.7 Å². The van der Waals surface area contributed by atoms with E-state index in [2.05, 4.69) is 16.1 Å². The average molecular weight is 392 g/mol. The van der Waals surface area contributed by atoms with Gasteiger partial charge in [0.2, 0.25) is 0 Å². The number of hydrogen-bond donors (Lipinski definition) is 1. The van der Waals surface area contributed by atoms with Crippen LogP contribution in [0.3, 0.4) is 0 Å². The fraction of sp³-hybridized carbons (Fsp3) is 0.238. The quantitative estimate of drug-likeness (QED) is 0.508. The third kappa shape index (κ3) is 4.26. The van der Waals surface area contributed by atoms with Crippen molar-refractivity contribution in [2.45, 2.75) is 25.8 Å². The van der Waals surface area contributed by atoms with Crippen molar-refractivity contribution in [2.24, 2.45) is 0 Å². The highest BCUT2D eigenvalue weighted by Gasteiger charge is 2.15. The Kier molecular flexibility index (Phi) is 5.24. The number of imidazole rings is 1. The Labute approximate surface area is 167 Å². The summed E-state index contributed by atoms with van der Waals surface area (Å²) in [7, 11) is 0.